The van der Waals surface area contributed by atoms with Crippen LogP contribution < -0.4 is 9.62 Å². The number of carbonyl (C=O) groups excluding carboxylic acids is 1. The first-order valence-corrected chi connectivity index (χ1v) is 11.0. The molecule has 29 heavy (non-hydrogen) atoms. The third kappa shape index (κ3) is 5.77. The quantitative estimate of drug-likeness (QED) is 0.522. The molecule has 0 unspecified atom stereocenters. The first kappa shape index (κ1) is 22.4. The topological polar surface area (TPSA) is 110 Å². The number of nitro groups is 1. The maximum Gasteiger partial charge on any atom is 0.271 e. The summed E-state index contributed by atoms with van der Waals surface area (Å²) in [6.45, 7) is 5.44. The highest BCUT2D eigenvalue weighted by Crippen LogP contribution is 2.24. The fraction of sp³-hybridized carbons (Fsp3) is 0.350. The van der Waals surface area contributed by atoms with Crippen LogP contribution in [0, 0.1) is 24.0 Å². The molecule has 0 spiro atoms. The number of anilines is 1. The van der Waals surface area contributed by atoms with Crippen LogP contribution >= 0.6 is 0 Å². The Balaban J connectivity index is 2.25. The standard InChI is InChI=1S/C20H25N3O5S/c1-5-19(16-10-9-14(2)15(3)11-16)21-20(24)13-22(29(4,27)28)17-7-6-8-18(12-17)23(25)26/h6-12,19H,5,13H2,1-4H3,(H,21,24)/t19-/m0/s1. The monoisotopic (exact) mass is 419 g/mol. The van der Waals surface area contributed by atoms with Crippen LogP contribution in [-0.2, 0) is 14.8 Å². The van der Waals surface area contributed by atoms with Crippen molar-refractivity contribution in [3.05, 3.63) is 69.3 Å². The van der Waals surface area contributed by atoms with E-state index in [9.17, 15) is 23.3 Å². The molecule has 1 N–H and O–H groups in total. The zero-order chi connectivity index (χ0) is 21.8. The molecule has 8 nitrogen and oxygen atoms in total. The maximum absolute atomic E-state index is 12.6. The third-order valence-corrected chi connectivity index (χ3v) is 5.83. The number of nitrogens with zero attached hydrogens (tertiary/aromatic N) is 2. The van der Waals surface area contributed by atoms with Gasteiger partial charge in [-0.3, -0.25) is 19.2 Å². The lowest BCUT2D eigenvalue weighted by molar-refractivity contribution is -0.384. The van der Waals surface area contributed by atoms with E-state index in [-0.39, 0.29) is 17.4 Å². The molecular weight excluding hydrogens is 394 g/mol. The van der Waals surface area contributed by atoms with Crippen molar-refractivity contribution < 1.29 is 18.1 Å². The Bertz CT molecular complexity index is 1020. The normalized spacial score (nSPS) is 12.3. The molecule has 2 rings (SSSR count). The van der Waals surface area contributed by atoms with Crippen LogP contribution in [0.5, 0.6) is 0 Å². The summed E-state index contributed by atoms with van der Waals surface area (Å²) in [5.74, 6) is -0.494. The minimum absolute atomic E-state index is 0.0658. The number of amides is 1. The van der Waals surface area contributed by atoms with Crippen LogP contribution in [0.15, 0.2) is 42.5 Å². The second-order valence-electron chi connectivity index (χ2n) is 6.92. The summed E-state index contributed by atoms with van der Waals surface area (Å²) in [7, 11) is -3.83. The molecule has 0 fully saturated rings. The average molecular weight is 420 g/mol. The smallest absolute Gasteiger partial charge is 0.271 e. The van der Waals surface area contributed by atoms with Crippen molar-refractivity contribution in [2.75, 3.05) is 17.1 Å². The molecule has 0 saturated carbocycles. The fourth-order valence-corrected chi connectivity index (χ4v) is 3.78. The minimum Gasteiger partial charge on any atom is -0.348 e. The van der Waals surface area contributed by atoms with E-state index in [0.717, 1.165) is 33.3 Å². The van der Waals surface area contributed by atoms with Crippen molar-refractivity contribution in [1.29, 1.82) is 0 Å². The Labute approximate surface area is 170 Å². The van der Waals surface area contributed by atoms with Crippen molar-refractivity contribution in [2.45, 2.75) is 33.2 Å². The van der Waals surface area contributed by atoms with Gasteiger partial charge in [0.05, 0.1) is 22.9 Å². The summed E-state index contributed by atoms with van der Waals surface area (Å²) < 4.78 is 25.3. The van der Waals surface area contributed by atoms with Crippen molar-refractivity contribution in [3.63, 3.8) is 0 Å². The molecular formula is C20H25N3O5S. The fourth-order valence-electron chi connectivity index (χ4n) is 2.93. The number of non-ortho nitro benzene ring substituents is 1. The molecule has 9 heteroatoms. The molecule has 2 aromatic carbocycles. The molecule has 0 aliphatic rings. The lowest BCUT2D eigenvalue weighted by Gasteiger charge is -2.24. The number of nitro benzene ring substituents is 1. The Morgan fingerprint density at radius 3 is 2.41 bits per heavy atom. The summed E-state index contributed by atoms with van der Waals surface area (Å²) in [4.78, 5) is 23.0. The second-order valence-corrected chi connectivity index (χ2v) is 8.83. The van der Waals surface area contributed by atoms with Crippen molar-refractivity contribution in [2.24, 2.45) is 0 Å². The van der Waals surface area contributed by atoms with E-state index in [1.807, 2.05) is 39.0 Å². The van der Waals surface area contributed by atoms with Crippen LogP contribution in [0.2, 0.25) is 0 Å². The molecule has 0 radical (unpaired) electrons. The van der Waals surface area contributed by atoms with Crippen molar-refractivity contribution in [3.8, 4) is 0 Å². The van der Waals surface area contributed by atoms with Gasteiger partial charge >= 0.3 is 0 Å². The molecule has 0 saturated heterocycles. The van der Waals surface area contributed by atoms with Gasteiger partial charge in [0, 0.05) is 12.1 Å². The zero-order valence-corrected chi connectivity index (χ0v) is 17.7. The van der Waals surface area contributed by atoms with Gasteiger partial charge in [-0.1, -0.05) is 31.2 Å². The van der Waals surface area contributed by atoms with Crippen LogP contribution in [0.25, 0.3) is 0 Å². The average Bonchev–Trinajstić information content (AvgIpc) is 2.65. The van der Waals surface area contributed by atoms with E-state index in [1.165, 1.54) is 18.2 Å². The van der Waals surface area contributed by atoms with E-state index in [2.05, 4.69) is 5.32 Å². The molecule has 1 atom stereocenters. The molecule has 0 bridgehead atoms. The van der Waals surface area contributed by atoms with Crippen LogP contribution in [0.1, 0.15) is 36.1 Å². The van der Waals surface area contributed by atoms with Gasteiger partial charge in [-0.15, -0.1) is 0 Å². The third-order valence-electron chi connectivity index (χ3n) is 4.69. The number of rotatable bonds is 8. The van der Waals surface area contributed by atoms with E-state index in [4.69, 9.17) is 0 Å². The van der Waals surface area contributed by atoms with Gasteiger partial charge in [0.2, 0.25) is 15.9 Å². The predicted molar refractivity (Wildman–Crippen MR) is 112 cm³/mol. The first-order chi connectivity index (χ1) is 13.5. The van der Waals surface area contributed by atoms with Gasteiger partial charge in [-0.2, -0.15) is 0 Å². The maximum atomic E-state index is 12.6. The Hall–Kier alpha value is -2.94. The van der Waals surface area contributed by atoms with Gasteiger partial charge in [0.25, 0.3) is 5.69 Å². The van der Waals surface area contributed by atoms with E-state index >= 15 is 0 Å². The van der Waals surface area contributed by atoms with Crippen molar-refractivity contribution >= 4 is 27.3 Å². The second kappa shape index (κ2) is 9.04. The Kier molecular flexibility index (Phi) is 6.97. The Morgan fingerprint density at radius 2 is 1.86 bits per heavy atom. The van der Waals surface area contributed by atoms with Gasteiger partial charge in [-0.25, -0.2) is 8.42 Å². The molecule has 2 aromatic rings. The SMILES string of the molecule is CC[C@H](NC(=O)CN(c1cccc([N+](=O)[O-])c1)S(C)(=O)=O)c1ccc(C)c(C)c1. The predicted octanol–water partition coefficient (Wildman–Crippen LogP) is 3.25. The van der Waals surface area contributed by atoms with Gasteiger partial charge in [0.15, 0.2) is 0 Å². The van der Waals surface area contributed by atoms with Crippen LogP contribution in [0.3, 0.4) is 0 Å². The summed E-state index contributed by atoms with van der Waals surface area (Å²) in [6, 6.07) is 10.8. The van der Waals surface area contributed by atoms with Crippen LogP contribution in [-0.4, -0.2) is 32.0 Å². The summed E-state index contributed by atoms with van der Waals surface area (Å²) in [6.07, 6.45) is 1.59. The highest BCUT2D eigenvalue weighted by atomic mass is 32.2. The van der Waals surface area contributed by atoms with E-state index < -0.39 is 27.4 Å². The number of hydrogen-bond donors (Lipinski definition) is 1. The first-order valence-electron chi connectivity index (χ1n) is 9.11. The molecule has 1 amide bonds. The highest BCUT2D eigenvalue weighted by Gasteiger charge is 2.24. The molecule has 156 valence electrons. The summed E-state index contributed by atoms with van der Waals surface area (Å²) in [5.41, 5.74) is 2.99. The van der Waals surface area contributed by atoms with E-state index in [1.54, 1.807) is 0 Å². The molecule has 0 aliphatic carbocycles. The minimum atomic E-state index is -3.83. The van der Waals surface area contributed by atoms with Gasteiger partial charge in [-0.05, 0) is 43.0 Å². The molecule has 0 aromatic heterocycles. The number of carbonyl (C=O) groups is 1. The van der Waals surface area contributed by atoms with Gasteiger partial charge < -0.3 is 5.32 Å². The highest BCUT2D eigenvalue weighted by molar-refractivity contribution is 7.92. The largest absolute Gasteiger partial charge is 0.348 e. The number of sulfonamides is 1. The van der Waals surface area contributed by atoms with Crippen LogP contribution in [0.4, 0.5) is 11.4 Å². The van der Waals surface area contributed by atoms with E-state index in [0.29, 0.717) is 6.42 Å². The summed E-state index contributed by atoms with van der Waals surface area (Å²) in [5, 5.41) is 13.9. The lowest BCUT2D eigenvalue weighted by Crippen LogP contribution is -2.41. The molecule has 0 heterocycles. The molecule has 0 aliphatic heterocycles. The van der Waals surface area contributed by atoms with Crippen molar-refractivity contribution in [1.82, 2.24) is 5.32 Å². The Morgan fingerprint density at radius 1 is 1.17 bits per heavy atom. The number of nitrogens with one attached hydrogen (secondary N) is 1. The number of hydrogen-bond acceptors (Lipinski definition) is 5. The number of aryl methyl sites for hydroxylation is 2. The zero-order valence-electron chi connectivity index (χ0n) is 16.9. The number of benzene rings is 2. The van der Waals surface area contributed by atoms with Gasteiger partial charge in [0.1, 0.15) is 6.54 Å². The lowest BCUT2D eigenvalue weighted by atomic mass is 9.99. The summed E-state index contributed by atoms with van der Waals surface area (Å²) >= 11 is 0.